The van der Waals surface area contributed by atoms with Crippen molar-refractivity contribution in [2.24, 2.45) is 5.10 Å². The van der Waals surface area contributed by atoms with Crippen LogP contribution in [0.2, 0.25) is 5.02 Å². The molecule has 24 heavy (non-hydrogen) atoms. The van der Waals surface area contributed by atoms with Crippen LogP contribution in [0.25, 0.3) is 0 Å². The van der Waals surface area contributed by atoms with Crippen molar-refractivity contribution in [3.63, 3.8) is 0 Å². The lowest BCUT2D eigenvalue weighted by molar-refractivity contribution is 0.0955. The number of carbonyl (C=O) groups excluding carboxylic acids is 1. The van der Waals surface area contributed by atoms with Gasteiger partial charge in [0.05, 0.1) is 38.1 Å². The van der Waals surface area contributed by atoms with Gasteiger partial charge in [-0.2, -0.15) is 5.10 Å². The number of hydrogen-bond acceptors (Lipinski definition) is 5. The predicted molar refractivity (Wildman–Crippen MR) is 92.6 cm³/mol. The summed E-state index contributed by atoms with van der Waals surface area (Å²) in [6.45, 7) is 0. The number of nitrogens with zero attached hydrogens (tertiary/aromatic N) is 1. The summed E-state index contributed by atoms with van der Waals surface area (Å²) in [7, 11) is 4.56. The van der Waals surface area contributed by atoms with Crippen molar-refractivity contribution in [3.05, 3.63) is 52.5 Å². The Balaban J connectivity index is 2.20. The molecule has 0 saturated heterocycles. The van der Waals surface area contributed by atoms with Gasteiger partial charge in [0.1, 0.15) is 0 Å². The van der Waals surface area contributed by atoms with Gasteiger partial charge in [0.25, 0.3) is 5.91 Å². The summed E-state index contributed by atoms with van der Waals surface area (Å²) in [5, 5.41) is 4.29. The molecule has 0 radical (unpaired) electrons. The molecule has 0 unspecified atom stereocenters. The maximum absolute atomic E-state index is 12.0. The van der Waals surface area contributed by atoms with Crippen molar-refractivity contribution < 1.29 is 19.0 Å². The summed E-state index contributed by atoms with van der Waals surface area (Å²) in [6, 6.07) is 10.2. The average Bonchev–Trinajstić information content (AvgIpc) is 2.61. The highest BCUT2D eigenvalue weighted by Crippen LogP contribution is 2.38. The molecule has 0 atom stereocenters. The van der Waals surface area contributed by atoms with Crippen LogP contribution in [-0.4, -0.2) is 33.5 Å². The van der Waals surface area contributed by atoms with E-state index in [4.69, 9.17) is 25.8 Å². The molecule has 0 fully saturated rings. The molecule has 0 aliphatic rings. The van der Waals surface area contributed by atoms with E-state index in [1.807, 2.05) is 0 Å². The zero-order valence-electron chi connectivity index (χ0n) is 13.5. The number of ether oxygens (including phenoxy) is 3. The van der Waals surface area contributed by atoms with E-state index in [9.17, 15) is 4.79 Å². The normalized spacial score (nSPS) is 10.5. The van der Waals surface area contributed by atoms with Crippen LogP contribution in [0.15, 0.2) is 41.5 Å². The van der Waals surface area contributed by atoms with E-state index in [-0.39, 0.29) is 0 Å². The second kappa shape index (κ2) is 8.21. The third kappa shape index (κ3) is 3.78. The summed E-state index contributed by atoms with van der Waals surface area (Å²) >= 11 is 5.97. The molecule has 0 spiro atoms. The molecule has 2 aromatic carbocycles. The molecular formula is C17H17ClN2O4. The zero-order valence-corrected chi connectivity index (χ0v) is 14.3. The van der Waals surface area contributed by atoms with Crippen molar-refractivity contribution >= 4 is 23.7 Å². The number of benzene rings is 2. The maximum Gasteiger partial charge on any atom is 0.272 e. The lowest BCUT2D eigenvalue weighted by Gasteiger charge is -2.13. The minimum atomic E-state index is -0.406. The number of rotatable bonds is 6. The minimum absolute atomic E-state index is 0.343. The molecule has 0 heterocycles. The molecule has 1 N–H and O–H groups in total. The van der Waals surface area contributed by atoms with Gasteiger partial charge in [-0.1, -0.05) is 23.7 Å². The number of hydrogen-bond donors (Lipinski definition) is 1. The fraction of sp³-hybridized carbons (Fsp3) is 0.176. The maximum atomic E-state index is 12.0. The van der Waals surface area contributed by atoms with Crippen LogP contribution < -0.4 is 19.6 Å². The zero-order chi connectivity index (χ0) is 17.5. The summed E-state index contributed by atoms with van der Waals surface area (Å²) in [6.07, 6.45) is 1.45. The standard InChI is InChI=1S/C17H17ClN2O4/c1-22-14-9-8-11(15(23-2)16(14)24-3)10-19-20-17(21)12-6-4-5-7-13(12)18/h4-10H,1-3H3,(H,20,21). The van der Waals surface area contributed by atoms with Crippen molar-refractivity contribution in [1.29, 1.82) is 0 Å². The lowest BCUT2D eigenvalue weighted by atomic mass is 10.2. The molecular weight excluding hydrogens is 332 g/mol. The van der Waals surface area contributed by atoms with Gasteiger partial charge in [0.2, 0.25) is 5.75 Å². The fourth-order valence-corrected chi connectivity index (χ4v) is 2.31. The van der Waals surface area contributed by atoms with Gasteiger partial charge in [-0.15, -0.1) is 0 Å². The van der Waals surface area contributed by atoms with E-state index in [0.29, 0.717) is 33.4 Å². The molecule has 0 saturated carbocycles. The largest absolute Gasteiger partial charge is 0.493 e. The van der Waals surface area contributed by atoms with Gasteiger partial charge in [-0.05, 0) is 24.3 Å². The second-order valence-corrected chi connectivity index (χ2v) is 5.01. The monoisotopic (exact) mass is 348 g/mol. The Bertz CT molecular complexity index is 762. The van der Waals surface area contributed by atoms with Crippen LogP contribution in [0.3, 0.4) is 0 Å². The predicted octanol–water partition coefficient (Wildman–Crippen LogP) is 3.13. The van der Waals surface area contributed by atoms with Crippen LogP contribution in [0, 0.1) is 0 Å². The van der Waals surface area contributed by atoms with Crippen LogP contribution >= 0.6 is 11.6 Å². The third-order valence-electron chi connectivity index (χ3n) is 3.22. The Morgan fingerprint density at radius 1 is 1.04 bits per heavy atom. The van der Waals surface area contributed by atoms with Gasteiger partial charge in [-0.25, -0.2) is 5.43 Å². The van der Waals surface area contributed by atoms with Gasteiger partial charge in [-0.3, -0.25) is 4.79 Å². The van der Waals surface area contributed by atoms with E-state index >= 15 is 0 Å². The number of halogens is 1. The van der Waals surface area contributed by atoms with Crippen LogP contribution in [0.4, 0.5) is 0 Å². The van der Waals surface area contributed by atoms with Crippen molar-refractivity contribution in [3.8, 4) is 17.2 Å². The summed E-state index contributed by atoms with van der Waals surface area (Å²) in [5.74, 6) is 1.02. The quantitative estimate of drug-likeness (QED) is 0.643. The van der Waals surface area contributed by atoms with Gasteiger partial charge >= 0.3 is 0 Å². The molecule has 2 rings (SSSR count). The van der Waals surface area contributed by atoms with E-state index in [0.717, 1.165) is 0 Å². The highest BCUT2D eigenvalue weighted by atomic mass is 35.5. The Kier molecular flexibility index (Phi) is 6.03. The Hall–Kier alpha value is -2.73. The fourth-order valence-electron chi connectivity index (χ4n) is 2.09. The molecule has 0 aliphatic heterocycles. The van der Waals surface area contributed by atoms with Crippen molar-refractivity contribution in [2.45, 2.75) is 0 Å². The third-order valence-corrected chi connectivity index (χ3v) is 3.55. The Morgan fingerprint density at radius 2 is 1.75 bits per heavy atom. The summed E-state index contributed by atoms with van der Waals surface area (Å²) in [5.41, 5.74) is 3.39. The molecule has 0 aromatic heterocycles. The minimum Gasteiger partial charge on any atom is -0.493 e. The topological polar surface area (TPSA) is 69.2 Å². The first kappa shape index (κ1) is 17.6. The Morgan fingerprint density at radius 3 is 2.38 bits per heavy atom. The number of nitrogens with one attached hydrogen (secondary N) is 1. The molecule has 2 aromatic rings. The number of carbonyl (C=O) groups is 1. The first-order chi connectivity index (χ1) is 11.6. The van der Waals surface area contributed by atoms with E-state index < -0.39 is 5.91 Å². The number of methoxy groups -OCH3 is 3. The first-order valence-electron chi connectivity index (χ1n) is 6.99. The molecule has 1 amide bonds. The first-order valence-corrected chi connectivity index (χ1v) is 7.37. The molecule has 6 nitrogen and oxygen atoms in total. The number of hydrazone groups is 1. The van der Waals surface area contributed by atoms with Gasteiger partial charge in [0, 0.05) is 5.56 Å². The molecule has 7 heteroatoms. The molecule has 0 aliphatic carbocycles. The second-order valence-electron chi connectivity index (χ2n) is 4.60. The van der Waals surface area contributed by atoms with Crippen molar-refractivity contribution in [1.82, 2.24) is 5.43 Å². The highest BCUT2D eigenvalue weighted by Gasteiger charge is 2.15. The molecule has 126 valence electrons. The van der Waals surface area contributed by atoms with Gasteiger partial charge in [0.15, 0.2) is 11.5 Å². The smallest absolute Gasteiger partial charge is 0.272 e. The molecule has 0 bridgehead atoms. The van der Waals surface area contributed by atoms with Gasteiger partial charge < -0.3 is 14.2 Å². The van der Waals surface area contributed by atoms with Crippen LogP contribution in [0.5, 0.6) is 17.2 Å². The summed E-state index contributed by atoms with van der Waals surface area (Å²) in [4.78, 5) is 12.0. The SMILES string of the molecule is COc1ccc(C=NNC(=O)c2ccccc2Cl)c(OC)c1OC. The van der Waals surface area contributed by atoms with E-state index in [2.05, 4.69) is 10.5 Å². The lowest BCUT2D eigenvalue weighted by Crippen LogP contribution is -2.18. The average molecular weight is 349 g/mol. The van der Waals surface area contributed by atoms with E-state index in [1.165, 1.54) is 27.5 Å². The Labute approximate surface area is 145 Å². The highest BCUT2D eigenvalue weighted by molar-refractivity contribution is 6.33. The number of amides is 1. The van der Waals surface area contributed by atoms with E-state index in [1.54, 1.807) is 36.4 Å². The summed E-state index contributed by atoms with van der Waals surface area (Å²) < 4.78 is 15.8. The van der Waals surface area contributed by atoms with Crippen molar-refractivity contribution in [2.75, 3.05) is 21.3 Å². The van der Waals surface area contributed by atoms with Crippen LogP contribution in [-0.2, 0) is 0 Å². The van der Waals surface area contributed by atoms with Crippen LogP contribution in [0.1, 0.15) is 15.9 Å².